The monoisotopic (exact) mass is 248 g/mol. The van der Waals surface area contributed by atoms with Gasteiger partial charge < -0.3 is 10.6 Å². The number of amides is 1. The normalized spacial score (nSPS) is 10.4. The van der Waals surface area contributed by atoms with Crippen LogP contribution in [0.1, 0.15) is 45.1 Å². The van der Waals surface area contributed by atoms with Crippen LogP contribution < -0.4 is 10.6 Å². The number of hydrogen-bond acceptors (Lipinski definition) is 2. The van der Waals surface area contributed by atoms with E-state index < -0.39 is 0 Å². The van der Waals surface area contributed by atoms with E-state index in [2.05, 4.69) is 6.92 Å². The molecule has 0 fully saturated rings. The Balaban J connectivity index is 2.66. The van der Waals surface area contributed by atoms with Crippen LogP contribution in [0.3, 0.4) is 0 Å². The van der Waals surface area contributed by atoms with Gasteiger partial charge in [-0.25, -0.2) is 0 Å². The van der Waals surface area contributed by atoms with Crippen molar-refractivity contribution >= 4 is 11.6 Å². The van der Waals surface area contributed by atoms with Gasteiger partial charge in [0.2, 0.25) is 5.91 Å². The van der Waals surface area contributed by atoms with E-state index in [1.807, 2.05) is 36.1 Å². The average Bonchev–Trinajstić information content (AvgIpc) is 2.41. The highest BCUT2D eigenvalue weighted by molar-refractivity contribution is 5.93. The number of carbonyl (C=O) groups is 1. The van der Waals surface area contributed by atoms with Crippen molar-refractivity contribution < 1.29 is 4.79 Å². The van der Waals surface area contributed by atoms with E-state index in [-0.39, 0.29) is 5.91 Å². The third-order valence-electron chi connectivity index (χ3n) is 3.10. The molecule has 0 saturated carbocycles. The van der Waals surface area contributed by atoms with E-state index in [0.717, 1.165) is 30.5 Å². The van der Waals surface area contributed by atoms with E-state index in [1.54, 1.807) is 0 Å². The minimum atomic E-state index is 0.214. The van der Waals surface area contributed by atoms with Crippen LogP contribution in [0.2, 0.25) is 0 Å². The SMILES string of the molecule is CCCCCC(=O)N(CC)c1ccc(CN)cc1. The predicted molar refractivity (Wildman–Crippen MR) is 76.5 cm³/mol. The second-order valence-corrected chi connectivity index (χ2v) is 4.47. The third kappa shape index (κ3) is 4.15. The summed E-state index contributed by atoms with van der Waals surface area (Å²) in [7, 11) is 0. The van der Waals surface area contributed by atoms with Gasteiger partial charge in [0, 0.05) is 25.2 Å². The number of benzene rings is 1. The zero-order valence-corrected chi connectivity index (χ0v) is 11.5. The van der Waals surface area contributed by atoms with Crippen LogP contribution >= 0.6 is 0 Å². The first-order valence-corrected chi connectivity index (χ1v) is 6.82. The second-order valence-electron chi connectivity index (χ2n) is 4.47. The summed E-state index contributed by atoms with van der Waals surface area (Å²) in [5.41, 5.74) is 7.63. The highest BCUT2D eigenvalue weighted by atomic mass is 16.2. The van der Waals surface area contributed by atoms with E-state index in [0.29, 0.717) is 19.5 Å². The van der Waals surface area contributed by atoms with Crippen LogP contribution in [0.4, 0.5) is 5.69 Å². The average molecular weight is 248 g/mol. The topological polar surface area (TPSA) is 46.3 Å². The fourth-order valence-corrected chi connectivity index (χ4v) is 1.98. The van der Waals surface area contributed by atoms with Gasteiger partial charge in [0.15, 0.2) is 0 Å². The minimum Gasteiger partial charge on any atom is -0.326 e. The number of hydrogen-bond donors (Lipinski definition) is 1. The Kier molecular flexibility index (Phi) is 6.44. The molecule has 3 heteroatoms. The maximum Gasteiger partial charge on any atom is 0.226 e. The molecule has 0 atom stereocenters. The van der Waals surface area contributed by atoms with Gasteiger partial charge in [0.25, 0.3) is 0 Å². The van der Waals surface area contributed by atoms with Gasteiger partial charge in [-0.3, -0.25) is 4.79 Å². The van der Waals surface area contributed by atoms with E-state index in [9.17, 15) is 4.79 Å². The first kappa shape index (κ1) is 14.7. The molecule has 1 amide bonds. The van der Waals surface area contributed by atoms with E-state index in [1.165, 1.54) is 0 Å². The molecule has 100 valence electrons. The lowest BCUT2D eigenvalue weighted by atomic mass is 10.1. The molecule has 0 aromatic heterocycles. The van der Waals surface area contributed by atoms with Gasteiger partial charge in [-0.1, -0.05) is 31.9 Å². The predicted octanol–water partition coefficient (Wildman–Crippen LogP) is 3.08. The Bertz CT molecular complexity index is 359. The van der Waals surface area contributed by atoms with Crippen molar-refractivity contribution in [2.24, 2.45) is 5.73 Å². The summed E-state index contributed by atoms with van der Waals surface area (Å²) in [6, 6.07) is 7.92. The fourth-order valence-electron chi connectivity index (χ4n) is 1.98. The third-order valence-corrected chi connectivity index (χ3v) is 3.10. The van der Waals surface area contributed by atoms with Gasteiger partial charge >= 0.3 is 0 Å². The van der Waals surface area contributed by atoms with Gasteiger partial charge in [-0.05, 0) is 31.0 Å². The molecule has 0 heterocycles. The van der Waals surface area contributed by atoms with Crippen molar-refractivity contribution in [1.82, 2.24) is 0 Å². The van der Waals surface area contributed by atoms with Crippen molar-refractivity contribution in [2.45, 2.75) is 46.1 Å². The quantitative estimate of drug-likeness (QED) is 0.754. The summed E-state index contributed by atoms with van der Waals surface area (Å²) in [6.07, 6.45) is 3.88. The highest BCUT2D eigenvalue weighted by Gasteiger charge is 2.12. The fraction of sp³-hybridized carbons (Fsp3) is 0.533. The lowest BCUT2D eigenvalue weighted by Crippen LogP contribution is -2.30. The van der Waals surface area contributed by atoms with Crippen LogP contribution in [0, 0.1) is 0 Å². The Morgan fingerprint density at radius 1 is 1.17 bits per heavy atom. The first-order valence-electron chi connectivity index (χ1n) is 6.82. The van der Waals surface area contributed by atoms with Crippen LogP contribution in [0.5, 0.6) is 0 Å². The lowest BCUT2D eigenvalue weighted by Gasteiger charge is -2.21. The van der Waals surface area contributed by atoms with E-state index >= 15 is 0 Å². The highest BCUT2D eigenvalue weighted by Crippen LogP contribution is 2.17. The molecular weight excluding hydrogens is 224 g/mol. The molecule has 3 nitrogen and oxygen atoms in total. The molecule has 0 spiro atoms. The maximum atomic E-state index is 12.1. The van der Waals surface area contributed by atoms with Crippen molar-refractivity contribution in [3.63, 3.8) is 0 Å². The number of rotatable bonds is 7. The lowest BCUT2D eigenvalue weighted by molar-refractivity contribution is -0.118. The van der Waals surface area contributed by atoms with Crippen LogP contribution in [0.25, 0.3) is 0 Å². The number of anilines is 1. The van der Waals surface area contributed by atoms with Crippen molar-refractivity contribution in [3.8, 4) is 0 Å². The van der Waals surface area contributed by atoms with Crippen molar-refractivity contribution in [1.29, 1.82) is 0 Å². The molecule has 0 unspecified atom stereocenters. The molecular formula is C15H24N2O. The van der Waals surface area contributed by atoms with Crippen LogP contribution in [-0.2, 0) is 11.3 Å². The summed E-state index contributed by atoms with van der Waals surface area (Å²) in [6.45, 7) is 5.41. The summed E-state index contributed by atoms with van der Waals surface area (Å²) >= 11 is 0. The van der Waals surface area contributed by atoms with Gasteiger partial charge in [-0.2, -0.15) is 0 Å². The number of nitrogens with zero attached hydrogens (tertiary/aromatic N) is 1. The van der Waals surface area contributed by atoms with Crippen LogP contribution in [-0.4, -0.2) is 12.5 Å². The minimum absolute atomic E-state index is 0.214. The summed E-state index contributed by atoms with van der Waals surface area (Å²) in [4.78, 5) is 13.9. The molecule has 1 aromatic carbocycles. The molecule has 0 aliphatic carbocycles. The summed E-state index contributed by atoms with van der Waals surface area (Å²) in [5, 5.41) is 0. The Hall–Kier alpha value is -1.35. The molecule has 0 radical (unpaired) electrons. The number of carbonyl (C=O) groups excluding carboxylic acids is 1. The summed E-state index contributed by atoms with van der Waals surface area (Å²) in [5.74, 6) is 0.214. The molecule has 0 bridgehead atoms. The molecule has 0 aliphatic rings. The van der Waals surface area contributed by atoms with Gasteiger partial charge in [0.1, 0.15) is 0 Å². The maximum absolute atomic E-state index is 12.1. The van der Waals surface area contributed by atoms with Gasteiger partial charge in [-0.15, -0.1) is 0 Å². The molecule has 2 N–H and O–H groups in total. The molecule has 1 aromatic rings. The number of unbranched alkanes of at least 4 members (excludes halogenated alkanes) is 2. The largest absolute Gasteiger partial charge is 0.326 e. The smallest absolute Gasteiger partial charge is 0.226 e. The standard InChI is InChI=1S/C15H24N2O/c1-3-5-6-7-15(18)17(4-2)14-10-8-13(12-16)9-11-14/h8-11H,3-7,12,16H2,1-2H3. The molecule has 0 aliphatic heterocycles. The first-order chi connectivity index (χ1) is 8.72. The molecule has 18 heavy (non-hydrogen) atoms. The molecule has 0 saturated heterocycles. The van der Waals surface area contributed by atoms with E-state index in [4.69, 9.17) is 5.73 Å². The Morgan fingerprint density at radius 3 is 2.33 bits per heavy atom. The zero-order chi connectivity index (χ0) is 13.4. The van der Waals surface area contributed by atoms with Gasteiger partial charge in [0.05, 0.1) is 0 Å². The van der Waals surface area contributed by atoms with Crippen molar-refractivity contribution in [3.05, 3.63) is 29.8 Å². The number of nitrogens with two attached hydrogens (primary N) is 1. The second kappa shape index (κ2) is 7.88. The zero-order valence-electron chi connectivity index (χ0n) is 11.5. The summed E-state index contributed by atoms with van der Waals surface area (Å²) < 4.78 is 0. The Morgan fingerprint density at radius 2 is 1.83 bits per heavy atom. The van der Waals surface area contributed by atoms with Crippen molar-refractivity contribution in [2.75, 3.05) is 11.4 Å². The van der Waals surface area contributed by atoms with Crippen LogP contribution in [0.15, 0.2) is 24.3 Å². The molecule has 1 rings (SSSR count). The Labute approximate surface area is 110 Å².